The SMILES string of the molecule is Cc1nn(C)c(C)c1C1CCNc2nc(C(C)(C)C)cn21. The van der Waals surface area contributed by atoms with Crippen molar-refractivity contribution in [2.24, 2.45) is 7.05 Å². The van der Waals surface area contributed by atoms with Crippen LogP contribution in [0.15, 0.2) is 6.20 Å². The Balaban J connectivity index is 2.10. The number of hydrogen-bond donors (Lipinski definition) is 1. The van der Waals surface area contributed by atoms with Crippen molar-refractivity contribution in [1.29, 1.82) is 0 Å². The summed E-state index contributed by atoms with van der Waals surface area (Å²) in [7, 11) is 2.02. The fraction of sp³-hybridized carbons (Fsp3) is 0.625. The highest BCUT2D eigenvalue weighted by Crippen LogP contribution is 2.35. The summed E-state index contributed by atoms with van der Waals surface area (Å²) in [4.78, 5) is 4.79. The van der Waals surface area contributed by atoms with Crippen molar-refractivity contribution in [2.75, 3.05) is 11.9 Å². The zero-order valence-electron chi connectivity index (χ0n) is 13.9. The number of nitrogens with zero attached hydrogens (tertiary/aromatic N) is 4. The quantitative estimate of drug-likeness (QED) is 0.877. The summed E-state index contributed by atoms with van der Waals surface area (Å²) in [5.74, 6) is 0.985. The number of aryl methyl sites for hydroxylation is 2. The molecule has 0 saturated heterocycles. The zero-order valence-corrected chi connectivity index (χ0v) is 13.9. The van der Waals surface area contributed by atoms with Crippen molar-refractivity contribution in [3.05, 3.63) is 28.8 Å². The van der Waals surface area contributed by atoms with Crippen LogP contribution in [0.5, 0.6) is 0 Å². The van der Waals surface area contributed by atoms with E-state index in [9.17, 15) is 0 Å². The first kappa shape index (κ1) is 14.2. The van der Waals surface area contributed by atoms with Crippen molar-refractivity contribution < 1.29 is 0 Å². The molecule has 2 aromatic heterocycles. The van der Waals surface area contributed by atoms with Crippen molar-refractivity contribution >= 4 is 5.95 Å². The van der Waals surface area contributed by atoms with Gasteiger partial charge in [0.2, 0.25) is 5.95 Å². The van der Waals surface area contributed by atoms with Crippen LogP contribution in [0.3, 0.4) is 0 Å². The Morgan fingerprint density at radius 2 is 2.00 bits per heavy atom. The molecule has 5 heteroatoms. The fourth-order valence-electron chi connectivity index (χ4n) is 3.14. The van der Waals surface area contributed by atoms with E-state index in [2.05, 4.69) is 55.8 Å². The third-order valence-electron chi connectivity index (χ3n) is 4.44. The van der Waals surface area contributed by atoms with Gasteiger partial charge in [0.15, 0.2) is 0 Å². The normalized spacial score (nSPS) is 18.5. The van der Waals surface area contributed by atoms with E-state index in [0.29, 0.717) is 6.04 Å². The second kappa shape index (κ2) is 4.61. The molecular weight excluding hydrogens is 262 g/mol. The van der Waals surface area contributed by atoms with Gasteiger partial charge in [-0.05, 0) is 20.3 Å². The van der Waals surface area contributed by atoms with Gasteiger partial charge in [0.05, 0.1) is 17.4 Å². The molecule has 0 amide bonds. The molecule has 0 aliphatic carbocycles. The lowest BCUT2D eigenvalue weighted by Crippen LogP contribution is -2.24. The number of rotatable bonds is 1. The summed E-state index contributed by atoms with van der Waals surface area (Å²) >= 11 is 0. The summed E-state index contributed by atoms with van der Waals surface area (Å²) in [5, 5.41) is 8.00. The highest BCUT2D eigenvalue weighted by Gasteiger charge is 2.29. The first-order valence-electron chi connectivity index (χ1n) is 7.62. The second-order valence-corrected chi connectivity index (χ2v) is 7.05. The van der Waals surface area contributed by atoms with Gasteiger partial charge >= 0.3 is 0 Å². The minimum Gasteiger partial charge on any atom is -0.356 e. The van der Waals surface area contributed by atoms with Crippen LogP contribution < -0.4 is 5.32 Å². The van der Waals surface area contributed by atoms with Gasteiger partial charge in [-0.15, -0.1) is 0 Å². The van der Waals surface area contributed by atoms with E-state index in [1.807, 2.05) is 11.7 Å². The smallest absolute Gasteiger partial charge is 0.203 e. The van der Waals surface area contributed by atoms with Crippen molar-refractivity contribution in [3.63, 3.8) is 0 Å². The van der Waals surface area contributed by atoms with Gasteiger partial charge in [0.1, 0.15) is 0 Å². The predicted molar refractivity (Wildman–Crippen MR) is 84.9 cm³/mol. The van der Waals surface area contributed by atoms with Crippen LogP contribution >= 0.6 is 0 Å². The molecule has 114 valence electrons. The first-order valence-corrected chi connectivity index (χ1v) is 7.62. The van der Waals surface area contributed by atoms with Crippen LogP contribution in [0.2, 0.25) is 0 Å². The molecule has 1 aliphatic heterocycles. The number of aromatic nitrogens is 4. The zero-order chi connectivity index (χ0) is 15.4. The topological polar surface area (TPSA) is 47.7 Å². The lowest BCUT2D eigenvalue weighted by molar-refractivity contribution is 0.522. The molecule has 21 heavy (non-hydrogen) atoms. The number of nitrogens with one attached hydrogen (secondary N) is 1. The molecular formula is C16H25N5. The van der Waals surface area contributed by atoms with Crippen LogP contribution in [0.4, 0.5) is 5.95 Å². The van der Waals surface area contributed by atoms with Crippen LogP contribution in [0.1, 0.15) is 55.9 Å². The Morgan fingerprint density at radius 1 is 1.29 bits per heavy atom. The van der Waals surface area contributed by atoms with Crippen molar-refractivity contribution in [3.8, 4) is 0 Å². The maximum absolute atomic E-state index is 4.79. The summed E-state index contributed by atoms with van der Waals surface area (Å²) in [5.41, 5.74) is 4.92. The van der Waals surface area contributed by atoms with Gasteiger partial charge in [-0.1, -0.05) is 20.8 Å². The summed E-state index contributed by atoms with van der Waals surface area (Å²) in [6.45, 7) is 11.8. The molecule has 1 N–H and O–H groups in total. The molecule has 0 bridgehead atoms. The van der Waals surface area contributed by atoms with Gasteiger partial charge in [-0.25, -0.2) is 4.98 Å². The Kier molecular flexibility index (Phi) is 3.11. The summed E-state index contributed by atoms with van der Waals surface area (Å²) < 4.78 is 4.27. The third kappa shape index (κ3) is 2.24. The molecule has 0 radical (unpaired) electrons. The molecule has 1 unspecified atom stereocenters. The molecule has 2 aromatic rings. The molecule has 0 spiro atoms. The van der Waals surface area contributed by atoms with Crippen LogP contribution in [-0.2, 0) is 12.5 Å². The van der Waals surface area contributed by atoms with E-state index in [4.69, 9.17) is 4.98 Å². The Hall–Kier alpha value is -1.78. The van der Waals surface area contributed by atoms with Crippen molar-refractivity contribution in [1.82, 2.24) is 19.3 Å². The molecule has 0 fully saturated rings. The predicted octanol–water partition coefficient (Wildman–Crippen LogP) is 2.94. The Labute approximate surface area is 126 Å². The average molecular weight is 287 g/mol. The Morgan fingerprint density at radius 3 is 2.57 bits per heavy atom. The van der Waals surface area contributed by atoms with Gasteiger partial charge in [0.25, 0.3) is 0 Å². The molecule has 0 saturated carbocycles. The standard InChI is InChI=1S/C16H25N5/c1-10-14(11(2)20(6)19-10)12-7-8-17-15-18-13(9-21(12)15)16(3,4)5/h9,12H,7-8H2,1-6H3,(H,17,18). The van der Waals surface area contributed by atoms with Crippen LogP contribution in [0, 0.1) is 13.8 Å². The second-order valence-electron chi connectivity index (χ2n) is 7.05. The number of anilines is 1. The third-order valence-corrected chi connectivity index (χ3v) is 4.44. The van der Waals surface area contributed by atoms with Gasteiger partial charge in [-0.3, -0.25) is 4.68 Å². The minimum atomic E-state index is 0.0651. The highest BCUT2D eigenvalue weighted by molar-refractivity contribution is 5.39. The minimum absolute atomic E-state index is 0.0651. The molecule has 3 rings (SSSR count). The molecule has 5 nitrogen and oxygen atoms in total. The van der Waals surface area contributed by atoms with Crippen LogP contribution in [-0.4, -0.2) is 25.9 Å². The van der Waals surface area contributed by atoms with E-state index in [1.54, 1.807) is 0 Å². The number of fused-ring (bicyclic) bond motifs is 1. The fourth-order valence-corrected chi connectivity index (χ4v) is 3.14. The van der Waals surface area contributed by atoms with E-state index in [-0.39, 0.29) is 5.41 Å². The van der Waals surface area contributed by atoms with Crippen molar-refractivity contribution in [2.45, 2.75) is 52.5 Å². The number of imidazole rings is 1. The molecule has 1 atom stereocenters. The lowest BCUT2D eigenvalue weighted by atomic mass is 9.93. The monoisotopic (exact) mass is 287 g/mol. The molecule has 1 aliphatic rings. The largest absolute Gasteiger partial charge is 0.356 e. The van der Waals surface area contributed by atoms with Gasteiger partial charge < -0.3 is 9.88 Å². The first-order chi connectivity index (χ1) is 9.79. The summed E-state index contributed by atoms with van der Waals surface area (Å²) in [6, 6.07) is 0.332. The van der Waals surface area contributed by atoms with E-state index in [0.717, 1.165) is 30.3 Å². The average Bonchev–Trinajstić information content (AvgIpc) is 2.92. The van der Waals surface area contributed by atoms with Gasteiger partial charge in [-0.2, -0.15) is 5.10 Å². The van der Waals surface area contributed by atoms with E-state index < -0.39 is 0 Å². The maximum Gasteiger partial charge on any atom is 0.203 e. The molecule has 0 aromatic carbocycles. The molecule has 3 heterocycles. The van der Waals surface area contributed by atoms with E-state index >= 15 is 0 Å². The Bertz CT molecular complexity index is 672. The highest BCUT2D eigenvalue weighted by atomic mass is 15.3. The lowest BCUT2D eigenvalue weighted by Gasteiger charge is -2.26. The van der Waals surface area contributed by atoms with Crippen LogP contribution in [0.25, 0.3) is 0 Å². The number of hydrogen-bond acceptors (Lipinski definition) is 3. The van der Waals surface area contributed by atoms with Gasteiger partial charge in [0, 0.05) is 36.5 Å². The van der Waals surface area contributed by atoms with E-state index in [1.165, 1.54) is 11.3 Å². The summed E-state index contributed by atoms with van der Waals surface area (Å²) in [6.07, 6.45) is 3.28. The maximum atomic E-state index is 4.79.